The fraction of sp³-hybridized carbons (Fsp3) is 0.529. The second kappa shape index (κ2) is 5.70. The standard InChI is InChI=1S/C17H23NO3/c1-3-6-12-16(15-8-5-10-21-15)18-13(11-17(12,2)19)14-7-4-9-20-14/h4-5,7-10,12-13,16,18-19H,3,6,11H2,1-2H3/p+1/t12-,13+,16-,17-/m1/s1. The predicted octanol–water partition coefficient (Wildman–Crippen LogP) is 2.79. The van der Waals surface area contributed by atoms with Crippen molar-refractivity contribution in [2.24, 2.45) is 5.92 Å². The van der Waals surface area contributed by atoms with Gasteiger partial charge in [-0.1, -0.05) is 13.3 Å². The lowest BCUT2D eigenvalue weighted by Crippen LogP contribution is -2.91. The summed E-state index contributed by atoms with van der Waals surface area (Å²) in [6.07, 6.45) is 6.13. The Morgan fingerprint density at radius 1 is 1.24 bits per heavy atom. The van der Waals surface area contributed by atoms with Crippen LogP contribution in [0.25, 0.3) is 0 Å². The van der Waals surface area contributed by atoms with Crippen molar-refractivity contribution in [3.63, 3.8) is 0 Å². The van der Waals surface area contributed by atoms with Crippen LogP contribution in [-0.4, -0.2) is 10.7 Å². The molecule has 2 aromatic heterocycles. The number of quaternary nitrogens is 1. The highest BCUT2D eigenvalue weighted by atomic mass is 16.3. The molecule has 0 spiro atoms. The van der Waals surface area contributed by atoms with Gasteiger partial charge in [-0.3, -0.25) is 0 Å². The van der Waals surface area contributed by atoms with E-state index in [0.717, 1.165) is 24.4 Å². The zero-order chi connectivity index (χ0) is 14.9. The highest BCUT2D eigenvalue weighted by Crippen LogP contribution is 2.41. The summed E-state index contributed by atoms with van der Waals surface area (Å²) < 4.78 is 11.2. The molecule has 0 radical (unpaired) electrons. The molecule has 21 heavy (non-hydrogen) atoms. The molecule has 1 fully saturated rings. The van der Waals surface area contributed by atoms with E-state index in [0.29, 0.717) is 6.42 Å². The molecule has 0 aromatic carbocycles. The number of piperidine rings is 1. The normalized spacial score (nSPS) is 33.2. The highest BCUT2D eigenvalue weighted by Gasteiger charge is 2.49. The van der Waals surface area contributed by atoms with Crippen LogP contribution >= 0.6 is 0 Å². The van der Waals surface area contributed by atoms with Gasteiger partial charge in [0.15, 0.2) is 17.6 Å². The van der Waals surface area contributed by atoms with Crippen LogP contribution in [0.2, 0.25) is 0 Å². The van der Waals surface area contributed by atoms with Crippen molar-refractivity contribution >= 4 is 0 Å². The van der Waals surface area contributed by atoms with Crippen LogP contribution in [0.4, 0.5) is 0 Å². The maximum Gasteiger partial charge on any atom is 0.161 e. The van der Waals surface area contributed by atoms with Gasteiger partial charge in [0.25, 0.3) is 0 Å². The summed E-state index contributed by atoms with van der Waals surface area (Å²) in [4.78, 5) is 0. The Morgan fingerprint density at radius 3 is 2.48 bits per heavy atom. The van der Waals surface area contributed by atoms with Crippen LogP contribution in [0.1, 0.15) is 56.7 Å². The molecule has 0 bridgehead atoms. The maximum atomic E-state index is 11.0. The number of hydrogen-bond donors (Lipinski definition) is 2. The van der Waals surface area contributed by atoms with Gasteiger partial charge in [0.2, 0.25) is 0 Å². The average Bonchev–Trinajstić information content (AvgIpc) is 3.13. The number of hydrogen-bond acceptors (Lipinski definition) is 3. The molecule has 3 rings (SSSR count). The Labute approximate surface area is 125 Å². The van der Waals surface area contributed by atoms with Gasteiger partial charge in [-0.05, 0) is 37.6 Å². The fourth-order valence-corrected chi connectivity index (χ4v) is 3.71. The summed E-state index contributed by atoms with van der Waals surface area (Å²) in [5, 5.41) is 13.3. The van der Waals surface area contributed by atoms with E-state index in [4.69, 9.17) is 8.83 Å². The third kappa shape index (κ3) is 2.78. The van der Waals surface area contributed by atoms with E-state index in [2.05, 4.69) is 12.2 Å². The first-order valence-corrected chi connectivity index (χ1v) is 7.76. The molecule has 4 nitrogen and oxygen atoms in total. The minimum atomic E-state index is -0.723. The lowest BCUT2D eigenvalue weighted by Gasteiger charge is -2.43. The Kier molecular flexibility index (Phi) is 3.91. The van der Waals surface area contributed by atoms with Crippen LogP contribution in [0.3, 0.4) is 0 Å². The van der Waals surface area contributed by atoms with E-state index in [1.807, 2.05) is 31.2 Å². The lowest BCUT2D eigenvalue weighted by atomic mass is 9.72. The molecule has 4 atom stereocenters. The minimum Gasteiger partial charge on any atom is -0.463 e. The van der Waals surface area contributed by atoms with Gasteiger partial charge < -0.3 is 19.3 Å². The van der Waals surface area contributed by atoms with Crippen molar-refractivity contribution in [1.29, 1.82) is 0 Å². The average molecular weight is 290 g/mol. The second-order valence-electron chi connectivity index (χ2n) is 6.31. The monoisotopic (exact) mass is 290 g/mol. The molecule has 0 unspecified atom stereocenters. The van der Waals surface area contributed by atoms with E-state index in [-0.39, 0.29) is 18.0 Å². The van der Waals surface area contributed by atoms with Gasteiger partial charge in [0, 0.05) is 12.3 Å². The molecule has 0 amide bonds. The highest BCUT2D eigenvalue weighted by molar-refractivity contribution is 5.10. The van der Waals surface area contributed by atoms with Crippen molar-refractivity contribution in [3.05, 3.63) is 48.3 Å². The molecular formula is C17H24NO3+. The molecule has 4 heteroatoms. The van der Waals surface area contributed by atoms with Gasteiger partial charge in [-0.15, -0.1) is 0 Å². The summed E-state index contributed by atoms with van der Waals surface area (Å²) in [5.41, 5.74) is -0.723. The SMILES string of the molecule is CCC[C@@H]1[C@H](c2ccco2)[NH2+][C@H](c2ccco2)C[C@@]1(C)O. The van der Waals surface area contributed by atoms with E-state index in [1.54, 1.807) is 12.5 Å². The third-order valence-electron chi connectivity index (χ3n) is 4.69. The number of nitrogens with two attached hydrogens (primary N) is 1. The topological polar surface area (TPSA) is 63.1 Å². The van der Waals surface area contributed by atoms with E-state index >= 15 is 0 Å². The van der Waals surface area contributed by atoms with Crippen molar-refractivity contribution in [2.75, 3.05) is 0 Å². The molecule has 1 aliphatic heterocycles. The van der Waals surface area contributed by atoms with Crippen LogP contribution in [0.15, 0.2) is 45.6 Å². The molecule has 2 aromatic rings. The van der Waals surface area contributed by atoms with Gasteiger partial charge in [0.05, 0.1) is 18.1 Å². The van der Waals surface area contributed by atoms with Crippen LogP contribution in [0.5, 0.6) is 0 Å². The Balaban J connectivity index is 1.92. The Hall–Kier alpha value is -1.52. The molecule has 1 aliphatic rings. The largest absolute Gasteiger partial charge is 0.463 e. The van der Waals surface area contributed by atoms with Crippen LogP contribution in [-0.2, 0) is 0 Å². The molecule has 0 aliphatic carbocycles. The fourth-order valence-electron chi connectivity index (χ4n) is 3.71. The van der Waals surface area contributed by atoms with Gasteiger partial charge >= 0.3 is 0 Å². The Bertz CT molecular complexity index is 545. The number of furan rings is 2. The molecular weight excluding hydrogens is 266 g/mol. The first kappa shape index (κ1) is 14.4. The molecule has 3 N–H and O–H groups in total. The van der Waals surface area contributed by atoms with Crippen LogP contribution < -0.4 is 5.32 Å². The number of rotatable bonds is 4. The van der Waals surface area contributed by atoms with Gasteiger partial charge in [-0.2, -0.15) is 0 Å². The van der Waals surface area contributed by atoms with E-state index in [9.17, 15) is 5.11 Å². The summed E-state index contributed by atoms with van der Waals surface area (Å²) in [7, 11) is 0. The van der Waals surface area contributed by atoms with E-state index < -0.39 is 5.60 Å². The van der Waals surface area contributed by atoms with Gasteiger partial charge in [-0.25, -0.2) is 0 Å². The van der Waals surface area contributed by atoms with Crippen molar-refractivity contribution in [2.45, 2.75) is 50.8 Å². The lowest BCUT2D eigenvalue weighted by molar-refractivity contribution is -0.760. The van der Waals surface area contributed by atoms with Crippen molar-refractivity contribution < 1.29 is 19.3 Å². The third-order valence-corrected chi connectivity index (χ3v) is 4.69. The first-order valence-electron chi connectivity index (χ1n) is 7.76. The molecule has 3 heterocycles. The summed E-state index contributed by atoms with van der Waals surface area (Å²) in [6.45, 7) is 4.11. The summed E-state index contributed by atoms with van der Waals surface area (Å²) in [5.74, 6) is 2.03. The molecule has 1 saturated heterocycles. The number of aliphatic hydroxyl groups is 1. The van der Waals surface area contributed by atoms with Gasteiger partial charge in [0.1, 0.15) is 6.04 Å². The van der Waals surface area contributed by atoms with Crippen LogP contribution in [0, 0.1) is 5.92 Å². The quantitative estimate of drug-likeness (QED) is 0.910. The predicted molar refractivity (Wildman–Crippen MR) is 78.5 cm³/mol. The minimum absolute atomic E-state index is 0.123. The molecule has 0 saturated carbocycles. The van der Waals surface area contributed by atoms with Crippen molar-refractivity contribution in [1.82, 2.24) is 0 Å². The summed E-state index contributed by atoms with van der Waals surface area (Å²) >= 11 is 0. The Morgan fingerprint density at radius 2 is 1.90 bits per heavy atom. The van der Waals surface area contributed by atoms with E-state index in [1.165, 1.54) is 0 Å². The second-order valence-corrected chi connectivity index (χ2v) is 6.31. The zero-order valence-electron chi connectivity index (χ0n) is 12.7. The van der Waals surface area contributed by atoms with Crippen molar-refractivity contribution in [3.8, 4) is 0 Å². The summed E-state index contributed by atoms with van der Waals surface area (Å²) in [6, 6.07) is 8.05. The smallest absolute Gasteiger partial charge is 0.161 e. The zero-order valence-corrected chi connectivity index (χ0v) is 12.7. The molecule has 114 valence electrons. The first-order chi connectivity index (χ1) is 10.1. The maximum absolute atomic E-state index is 11.0.